The zero-order chi connectivity index (χ0) is 79.5. The van der Waals surface area contributed by atoms with Gasteiger partial charge in [0, 0.05) is 117 Å². The molecular formula is C105H89BBrN8O2. The first-order valence-corrected chi connectivity index (χ1v) is 40.3. The van der Waals surface area contributed by atoms with Gasteiger partial charge in [-0.15, -0.1) is 0 Å². The molecule has 2 aromatic heterocycles. The molecule has 0 bridgehead atoms. The van der Waals surface area contributed by atoms with Crippen LogP contribution in [0.25, 0.3) is 56.2 Å². The lowest BCUT2D eigenvalue weighted by atomic mass is 9.84. The van der Waals surface area contributed by atoms with Gasteiger partial charge >= 0.3 is 7.69 Å². The second-order valence-electron chi connectivity index (χ2n) is 31.9. The van der Waals surface area contributed by atoms with Crippen molar-refractivity contribution >= 4 is 91.9 Å². The molecule has 16 aromatic rings. The van der Waals surface area contributed by atoms with E-state index in [1.54, 1.807) is 0 Å². The first kappa shape index (κ1) is 76.4. The summed E-state index contributed by atoms with van der Waals surface area (Å²) in [5.41, 5.74) is 32.6. The van der Waals surface area contributed by atoms with E-state index in [0.29, 0.717) is 13.4 Å². The maximum atomic E-state index is 8.70. The molecule has 4 aliphatic carbocycles. The Hall–Kier alpha value is -13.3. The molecule has 0 amide bonds. The van der Waals surface area contributed by atoms with Crippen molar-refractivity contribution in [2.45, 2.75) is 84.5 Å². The molecule has 0 fully saturated rings. The van der Waals surface area contributed by atoms with Crippen LogP contribution in [0.1, 0.15) is 108 Å². The van der Waals surface area contributed by atoms with E-state index in [2.05, 4.69) is 394 Å². The first-order valence-electron chi connectivity index (χ1n) is 39.5. The summed E-state index contributed by atoms with van der Waals surface area (Å²) in [6, 6.07) is 127. The van der Waals surface area contributed by atoms with Gasteiger partial charge in [0.1, 0.15) is 5.75 Å². The van der Waals surface area contributed by atoms with Crippen LogP contribution in [0.3, 0.4) is 0 Å². The maximum Gasteiger partial charge on any atom is 0.569 e. The van der Waals surface area contributed by atoms with Gasteiger partial charge in [0.05, 0.1) is 45.6 Å². The largest absolute Gasteiger partial charge is 0.569 e. The Labute approximate surface area is 696 Å². The summed E-state index contributed by atoms with van der Waals surface area (Å²) in [6.07, 6.45) is 0. The van der Waals surface area contributed by atoms with Gasteiger partial charge < -0.3 is 29.3 Å². The highest BCUT2D eigenvalue weighted by molar-refractivity contribution is 9.10. The number of rotatable bonds is 15. The minimum Gasteiger partial charge on any atom is -0.537 e. The van der Waals surface area contributed by atoms with Gasteiger partial charge in [-0.05, 0) is 209 Å². The van der Waals surface area contributed by atoms with Crippen molar-refractivity contribution in [1.29, 1.82) is 0 Å². The fraction of sp³-hybridized carbons (Fsp3) is 0.124. The van der Waals surface area contributed by atoms with Crippen LogP contribution in [-0.2, 0) is 21.7 Å². The van der Waals surface area contributed by atoms with Crippen LogP contribution in [0.5, 0.6) is 5.75 Å². The number of anilines is 12. The van der Waals surface area contributed by atoms with Crippen molar-refractivity contribution in [2.24, 2.45) is 0 Å². The first-order chi connectivity index (χ1) is 56.4. The van der Waals surface area contributed by atoms with Gasteiger partial charge in [0.25, 0.3) is 0 Å². The Kier molecular flexibility index (Phi) is 20.3. The van der Waals surface area contributed by atoms with Crippen LogP contribution in [0.2, 0.25) is 0 Å². The Morgan fingerprint density at radius 2 is 0.479 bits per heavy atom. The average molecular weight is 1590 g/mol. The van der Waals surface area contributed by atoms with E-state index < -0.39 is 0 Å². The summed E-state index contributed by atoms with van der Waals surface area (Å²) in [5, 5.41) is 8.70. The van der Waals surface area contributed by atoms with Gasteiger partial charge in [-0.2, -0.15) is 0 Å². The normalized spacial score (nSPS) is 13.6. The van der Waals surface area contributed by atoms with Crippen molar-refractivity contribution in [2.75, 3.05) is 19.6 Å². The number of fused-ring (bicyclic) bond motifs is 12. The molecule has 20 rings (SSSR count). The molecule has 4 aliphatic rings. The summed E-state index contributed by atoms with van der Waals surface area (Å²) in [7, 11) is 0.682. The number of para-hydroxylation sites is 8. The SMILES string of the molecule is C.CC1(C)c2cc(-c3ccc(N(c4ccccc4)c4ccccc4)cc3)ccc2-c2nc3c(nc21)-c1ccc(N(c2ccccc2)c2ccccc2)cc1C3(C)C.CC1(C)c2cc(Br)ccc2-c2nc3c(nc21)-c1ccc(N(c2ccccc2)c2ccccc2)cc1C3(C)C.O[B]Oc1ccc(N(c2ccccc2)c2ccccc2)cc1. The Morgan fingerprint density at radius 1 is 0.256 bits per heavy atom. The Balaban J connectivity index is 0.000000139. The zero-order valence-electron chi connectivity index (χ0n) is 66.0. The third-order valence-electron chi connectivity index (χ3n) is 23.3. The molecule has 117 heavy (non-hydrogen) atoms. The van der Waals surface area contributed by atoms with Crippen LogP contribution in [0, 0.1) is 0 Å². The average Bonchev–Trinajstić information content (AvgIpc) is 1.54. The van der Waals surface area contributed by atoms with E-state index in [1.807, 2.05) is 60.7 Å². The summed E-state index contributed by atoms with van der Waals surface area (Å²) >= 11 is 3.66. The van der Waals surface area contributed by atoms with E-state index >= 15 is 0 Å². The lowest BCUT2D eigenvalue weighted by Crippen LogP contribution is -2.20. The summed E-state index contributed by atoms with van der Waals surface area (Å²) in [4.78, 5) is 30.9. The van der Waals surface area contributed by atoms with Crippen molar-refractivity contribution in [3.8, 4) is 61.9 Å². The molecule has 0 saturated carbocycles. The molecule has 0 saturated heterocycles. The van der Waals surface area contributed by atoms with Crippen molar-refractivity contribution in [3.05, 3.63) is 413 Å². The molecule has 0 unspecified atom stereocenters. The van der Waals surface area contributed by atoms with Gasteiger partial charge in [-0.1, -0.05) is 267 Å². The monoisotopic (exact) mass is 1580 g/mol. The minimum absolute atomic E-state index is 0. The second-order valence-corrected chi connectivity index (χ2v) is 32.9. The molecule has 0 spiro atoms. The molecule has 1 radical (unpaired) electrons. The third kappa shape index (κ3) is 13.9. The van der Waals surface area contributed by atoms with Crippen molar-refractivity contribution in [3.63, 3.8) is 0 Å². The highest BCUT2D eigenvalue weighted by Gasteiger charge is 2.47. The third-order valence-corrected chi connectivity index (χ3v) is 23.7. The van der Waals surface area contributed by atoms with Crippen molar-refractivity contribution in [1.82, 2.24) is 19.9 Å². The molecule has 10 nitrogen and oxygen atoms in total. The van der Waals surface area contributed by atoms with Crippen LogP contribution in [0.15, 0.2) is 368 Å². The predicted octanol–water partition coefficient (Wildman–Crippen LogP) is 27.7. The molecule has 571 valence electrons. The van der Waals surface area contributed by atoms with Gasteiger partial charge in [0.15, 0.2) is 0 Å². The van der Waals surface area contributed by atoms with Gasteiger partial charge in [0.2, 0.25) is 0 Å². The fourth-order valence-corrected chi connectivity index (χ4v) is 17.7. The van der Waals surface area contributed by atoms with E-state index in [0.717, 1.165) is 124 Å². The van der Waals surface area contributed by atoms with E-state index in [4.69, 9.17) is 29.6 Å². The Morgan fingerprint density at radius 3 is 0.769 bits per heavy atom. The quantitative estimate of drug-likeness (QED) is 0.100. The number of hydrogen-bond acceptors (Lipinski definition) is 10. The molecule has 14 aromatic carbocycles. The number of aromatic nitrogens is 4. The fourth-order valence-electron chi connectivity index (χ4n) is 17.3. The van der Waals surface area contributed by atoms with E-state index in [9.17, 15) is 0 Å². The minimum atomic E-state index is -0.330. The number of nitrogens with zero attached hydrogens (tertiary/aromatic N) is 8. The zero-order valence-corrected chi connectivity index (χ0v) is 67.6. The second kappa shape index (κ2) is 31.2. The number of hydrogen-bond donors (Lipinski definition) is 1. The van der Waals surface area contributed by atoms with Crippen LogP contribution in [0.4, 0.5) is 68.2 Å². The molecule has 0 aliphatic heterocycles. The standard InChI is InChI=1S/C52H42N4.C34H28BrN3.C18H15BNO2.CH4/c1-51(2)45-33-36(35-25-28-41(29-26-35)55(37-17-9-5-10-18-37)38-19-11-6-12-20-38)27-31-43(45)47-49(51)54-48-44-32-30-42(34-46(44)52(3,4)50(48)53-47)56(39-21-13-7-14-22-39)40-23-15-8-16-24-40;1-33(2)27-19-21(35)15-17-25(27)29-31(33)37-30-26-18-16-24(20-28(26)34(3,4)32(30)36-29)38(22-11-7-5-8-12-22)23-13-9-6-10-14-23;21-19-22-18-13-11-17(12-14-18)20(15-7-3-1-4-8-15)16-9-5-2-6-10-16;/h5-34H,1-4H3;5-20H,1-4H3;1-14,21H;1H4. The smallest absolute Gasteiger partial charge is 0.537 e. The summed E-state index contributed by atoms with van der Waals surface area (Å²) in [6.45, 7) is 18.3. The number of benzene rings is 14. The molecule has 2 heterocycles. The Bertz CT molecular complexity index is 6130. The molecule has 1 N–H and O–H groups in total. The highest BCUT2D eigenvalue weighted by Crippen LogP contribution is 2.57. The van der Waals surface area contributed by atoms with Crippen LogP contribution in [-0.4, -0.2) is 32.6 Å². The summed E-state index contributed by atoms with van der Waals surface area (Å²) < 4.78 is 6.05. The predicted molar refractivity (Wildman–Crippen MR) is 488 cm³/mol. The van der Waals surface area contributed by atoms with E-state index in [1.165, 1.54) is 50.1 Å². The van der Waals surface area contributed by atoms with Crippen LogP contribution >= 0.6 is 15.9 Å². The van der Waals surface area contributed by atoms with Crippen LogP contribution < -0.4 is 24.3 Å². The van der Waals surface area contributed by atoms with Gasteiger partial charge in [-0.3, -0.25) is 0 Å². The number of halogens is 1. The topological polar surface area (TPSA) is 94.0 Å². The van der Waals surface area contributed by atoms with E-state index in [-0.39, 0.29) is 29.1 Å². The molecule has 12 heteroatoms. The lowest BCUT2D eigenvalue weighted by Gasteiger charge is -2.27. The highest BCUT2D eigenvalue weighted by atomic mass is 79.9. The molecule has 0 atom stereocenters. The molecular weight excluding hydrogens is 1500 g/mol. The van der Waals surface area contributed by atoms with Crippen molar-refractivity contribution < 1.29 is 9.68 Å². The lowest BCUT2D eigenvalue weighted by molar-refractivity contribution is 0.454. The van der Waals surface area contributed by atoms with Gasteiger partial charge in [-0.25, -0.2) is 19.9 Å². The maximum absolute atomic E-state index is 8.70. The summed E-state index contributed by atoms with van der Waals surface area (Å²) in [5.74, 6) is 0.590.